The number of hydrogen-bond acceptors (Lipinski definition) is 5. The van der Waals surface area contributed by atoms with Crippen molar-refractivity contribution in [3.63, 3.8) is 0 Å². The number of nitrogens with one attached hydrogen (secondary N) is 2. The molecule has 92 valence electrons. The van der Waals surface area contributed by atoms with Gasteiger partial charge in [-0.15, -0.1) is 0 Å². The van der Waals surface area contributed by atoms with Crippen LogP contribution in [0.4, 0.5) is 11.5 Å². The lowest BCUT2D eigenvalue weighted by Gasteiger charge is -2.08. The number of carbonyl (C=O) groups excluding carboxylic acids is 1. The normalized spacial score (nSPS) is 9.76. The molecule has 7 nitrogen and oxygen atoms in total. The summed E-state index contributed by atoms with van der Waals surface area (Å²) >= 11 is 0. The molecule has 0 fully saturated rings. The van der Waals surface area contributed by atoms with E-state index < -0.39 is 10.8 Å². The Labute approximate surface area is 98.4 Å². The molecule has 0 spiro atoms. The lowest BCUT2D eigenvalue weighted by Crippen LogP contribution is -2.20. The van der Waals surface area contributed by atoms with Crippen LogP contribution < -0.4 is 10.6 Å². The first kappa shape index (κ1) is 12.9. The van der Waals surface area contributed by atoms with Crippen LogP contribution in [0, 0.1) is 10.1 Å². The van der Waals surface area contributed by atoms with E-state index in [1.807, 2.05) is 6.92 Å². The van der Waals surface area contributed by atoms with E-state index in [9.17, 15) is 14.9 Å². The Kier molecular flexibility index (Phi) is 4.38. The van der Waals surface area contributed by atoms with Crippen LogP contribution in [0.1, 0.15) is 23.7 Å². The van der Waals surface area contributed by atoms with Crippen molar-refractivity contribution in [3.05, 3.63) is 27.9 Å². The molecule has 1 rings (SSSR count). The van der Waals surface area contributed by atoms with E-state index in [0.717, 1.165) is 12.6 Å². The van der Waals surface area contributed by atoms with Gasteiger partial charge in [-0.3, -0.25) is 14.9 Å². The number of pyridine rings is 1. The molecule has 0 aliphatic rings. The third-order valence-corrected chi connectivity index (χ3v) is 2.10. The molecule has 0 aliphatic carbocycles. The van der Waals surface area contributed by atoms with Crippen LogP contribution in [0.2, 0.25) is 0 Å². The minimum Gasteiger partial charge on any atom is -0.369 e. The molecular weight excluding hydrogens is 224 g/mol. The van der Waals surface area contributed by atoms with Gasteiger partial charge in [-0.25, -0.2) is 4.98 Å². The highest BCUT2D eigenvalue weighted by Crippen LogP contribution is 2.18. The summed E-state index contributed by atoms with van der Waals surface area (Å²) in [7, 11) is 1.46. The Morgan fingerprint density at radius 3 is 2.82 bits per heavy atom. The third-order valence-electron chi connectivity index (χ3n) is 2.10. The van der Waals surface area contributed by atoms with Crippen molar-refractivity contribution in [1.29, 1.82) is 0 Å². The Morgan fingerprint density at radius 2 is 2.29 bits per heavy atom. The highest BCUT2D eigenvalue weighted by molar-refractivity contribution is 5.99. The molecule has 1 amide bonds. The molecule has 17 heavy (non-hydrogen) atoms. The maximum atomic E-state index is 11.6. The van der Waals surface area contributed by atoms with Gasteiger partial charge >= 0.3 is 0 Å². The molecular formula is C10H14N4O3. The zero-order valence-corrected chi connectivity index (χ0v) is 9.69. The van der Waals surface area contributed by atoms with Gasteiger partial charge in [0.25, 0.3) is 11.6 Å². The molecule has 1 aromatic heterocycles. The summed E-state index contributed by atoms with van der Waals surface area (Å²) in [5.74, 6) is -0.0448. The zero-order chi connectivity index (χ0) is 12.8. The van der Waals surface area contributed by atoms with Crippen LogP contribution in [0.15, 0.2) is 12.3 Å². The number of rotatable bonds is 5. The van der Waals surface area contributed by atoms with Crippen molar-refractivity contribution in [1.82, 2.24) is 10.3 Å². The van der Waals surface area contributed by atoms with Gasteiger partial charge in [0.05, 0.1) is 10.5 Å². The van der Waals surface area contributed by atoms with Gasteiger partial charge in [-0.2, -0.15) is 0 Å². The third kappa shape index (κ3) is 3.13. The van der Waals surface area contributed by atoms with Crippen molar-refractivity contribution in [2.45, 2.75) is 13.3 Å². The number of aromatic nitrogens is 1. The van der Waals surface area contributed by atoms with Crippen molar-refractivity contribution < 1.29 is 9.72 Å². The Balaban J connectivity index is 3.12. The Bertz CT molecular complexity index is 434. The summed E-state index contributed by atoms with van der Waals surface area (Å²) in [6.45, 7) is 2.62. The number of anilines is 1. The second-order valence-corrected chi connectivity index (χ2v) is 3.35. The number of nitrogens with zero attached hydrogens (tertiary/aromatic N) is 2. The molecule has 0 bridgehead atoms. The first-order valence-corrected chi connectivity index (χ1v) is 5.20. The van der Waals surface area contributed by atoms with Crippen LogP contribution in [-0.2, 0) is 0 Å². The molecule has 0 aromatic carbocycles. The Morgan fingerprint density at radius 1 is 1.59 bits per heavy atom. The highest BCUT2D eigenvalue weighted by atomic mass is 16.6. The quantitative estimate of drug-likeness (QED) is 0.592. The maximum absolute atomic E-state index is 11.6. The topological polar surface area (TPSA) is 97.2 Å². The summed E-state index contributed by atoms with van der Waals surface area (Å²) in [5, 5.41) is 16.0. The summed E-state index contributed by atoms with van der Waals surface area (Å²) in [4.78, 5) is 25.5. The van der Waals surface area contributed by atoms with Crippen molar-refractivity contribution >= 4 is 17.4 Å². The standard InChI is InChI=1S/C10H14N4O3/c1-3-4-12-9-8(10(15)11-2)5-7(6-13-9)14(16)17/h5-6H,3-4H2,1-2H3,(H,11,15)(H,12,13). The average Bonchev–Trinajstić information content (AvgIpc) is 2.35. The fraction of sp³-hybridized carbons (Fsp3) is 0.400. The number of amides is 1. The molecule has 7 heteroatoms. The molecule has 0 radical (unpaired) electrons. The maximum Gasteiger partial charge on any atom is 0.288 e. The molecule has 0 saturated carbocycles. The summed E-state index contributed by atoms with van der Waals surface area (Å²) in [6, 6.07) is 1.21. The minimum atomic E-state index is -0.580. The van der Waals surface area contributed by atoms with Crippen LogP contribution in [0.3, 0.4) is 0 Å². The minimum absolute atomic E-state index is 0.176. The van der Waals surface area contributed by atoms with Gasteiger partial charge in [0, 0.05) is 19.7 Å². The van der Waals surface area contributed by atoms with Gasteiger partial charge in [0.1, 0.15) is 12.0 Å². The lowest BCUT2D eigenvalue weighted by atomic mass is 10.2. The number of nitro groups is 1. The zero-order valence-electron chi connectivity index (χ0n) is 9.69. The van der Waals surface area contributed by atoms with Gasteiger partial charge in [-0.05, 0) is 6.42 Å². The first-order valence-electron chi connectivity index (χ1n) is 5.20. The van der Waals surface area contributed by atoms with E-state index in [1.165, 1.54) is 13.1 Å². The largest absolute Gasteiger partial charge is 0.369 e. The van der Waals surface area contributed by atoms with Crippen molar-refractivity contribution in [2.24, 2.45) is 0 Å². The van der Waals surface area contributed by atoms with Crippen molar-refractivity contribution in [2.75, 3.05) is 18.9 Å². The highest BCUT2D eigenvalue weighted by Gasteiger charge is 2.16. The lowest BCUT2D eigenvalue weighted by molar-refractivity contribution is -0.385. The summed E-state index contributed by atoms with van der Waals surface area (Å²) in [5.41, 5.74) is -0.0270. The summed E-state index contributed by atoms with van der Waals surface area (Å²) < 4.78 is 0. The fourth-order valence-corrected chi connectivity index (χ4v) is 1.25. The molecule has 0 aliphatic heterocycles. The van der Waals surface area contributed by atoms with E-state index in [4.69, 9.17) is 0 Å². The van der Waals surface area contributed by atoms with Gasteiger partial charge in [0.2, 0.25) is 0 Å². The summed E-state index contributed by atoms with van der Waals surface area (Å²) in [6.07, 6.45) is 2.00. The van der Waals surface area contributed by atoms with Crippen LogP contribution in [-0.4, -0.2) is 29.4 Å². The Hall–Kier alpha value is -2.18. The van der Waals surface area contributed by atoms with E-state index in [2.05, 4.69) is 15.6 Å². The second-order valence-electron chi connectivity index (χ2n) is 3.35. The van der Waals surface area contributed by atoms with E-state index in [0.29, 0.717) is 12.4 Å². The number of carbonyl (C=O) groups is 1. The average molecular weight is 238 g/mol. The van der Waals surface area contributed by atoms with Gasteiger partial charge in [-0.1, -0.05) is 6.92 Å². The number of hydrogen-bond donors (Lipinski definition) is 2. The molecule has 0 atom stereocenters. The van der Waals surface area contributed by atoms with Crippen LogP contribution in [0.25, 0.3) is 0 Å². The first-order chi connectivity index (χ1) is 8.10. The smallest absolute Gasteiger partial charge is 0.288 e. The monoisotopic (exact) mass is 238 g/mol. The van der Waals surface area contributed by atoms with Crippen LogP contribution >= 0.6 is 0 Å². The fourth-order valence-electron chi connectivity index (χ4n) is 1.25. The van der Waals surface area contributed by atoms with E-state index in [1.54, 1.807) is 0 Å². The second kappa shape index (κ2) is 5.78. The SMILES string of the molecule is CCCNc1ncc([N+](=O)[O-])cc1C(=O)NC. The molecule has 0 saturated heterocycles. The van der Waals surface area contributed by atoms with E-state index in [-0.39, 0.29) is 11.3 Å². The molecule has 2 N–H and O–H groups in total. The van der Waals surface area contributed by atoms with E-state index >= 15 is 0 Å². The molecule has 1 aromatic rings. The molecule has 1 heterocycles. The van der Waals surface area contributed by atoms with Gasteiger partial charge in [0.15, 0.2) is 0 Å². The predicted octanol–water partition coefficient (Wildman–Crippen LogP) is 1.17. The van der Waals surface area contributed by atoms with Gasteiger partial charge < -0.3 is 10.6 Å². The van der Waals surface area contributed by atoms with Crippen LogP contribution in [0.5, 0.6) is 0 Å². The predicted molar refractivity (Wildman–Crippen MR) is 63.1 cm³/mol. The molecule has 0 unspecified atom stereocenters. The van der Waals surface area contributed by atoms with Crippen molar-refractivity contribution in [3.8, 4) is 0 Å².